The van der Waals surface area contributed by atoms with Crippen molar-refractivity contribution in [3.8, 4) is 11.5 Å². The lowest BCUT2D eigenvalue weighted by Crippen LogP contribution is -2.24. The number of fused-ring (bicyclic) bond motifs is 1. The predicted octanol–water partition coefficient (Wildman–Crippen LogP) is 1.62. The zero-order valence-electron chi connectivity index (χ0n) is 12.9. The van der Waals surface area contributed by atoms with Crippen molar-refractivity contribution in [3.05, 3.63) is 48.0 Å². The molecule has 24 heavy (non-hydrogen) atoms. The van der Waals surface area contributed by atoms with Crippen molar-refractivity contribution in [2.75, 3.05) is 25.0 Å². The molecule has 2 aromatic rings. The highest BCUT2D eigenvalue weighted by Gasteiger charge is 2.21. The number of nitrogens with one attached hydrogen (secondary N) is 2. The number of ether oxygens (including phenoxy) is 2. The summed E-state index contributed by atoms with van der Waals surface area (Å²) in [5, 5.41) is 2.65. The quantitative estimate of drug-likeness (QED) is 0.876. The summed E-state index contributed by atoms with van der Waals surface area (Å²) in [7, 11) is -2.30. The van der Waals surface area contributed by atoms with Gasteiger partial charge < -0.3 is 14.8 Å². The van der Waals surface area contributed by atoms with Crippen LogP contribution in [0.1, 0.15) is 10.4 Å². The van der Waals surface area contributed by atoms with Gasteiger partial charge in [0, 0.05) is 5.69 Å². The molecule has 7 nitrogen and oxygen atoms in total. The van der Waals surface area contributed by atoms with Gasteiger partial charge in [-0.1, -0.05) is 0 Å². The van der Waals surface area contributed by atoms with E-state index in [1.807, 2.05) is 0 Å². The first-order valence-corrected chi connectivity index (χ1v) is 8.70. The van der Waals surface area contributed by atoms with Crippen LogP contribution in [-0.2, 0) is 10.0 Å². The first-order valence-electron chi connectivity index (χ1n) is 7.21. The topological polar surface area (TPSA) is 93.7 Å². The second-order valence-electron chi connectivity index (χ2n) is 5.10. The summed E-state index contributed by atoms with van der Waals surface area (Å²) >= 11 is 0. The fraction of sp³-hybridized carbons (Fsp3) is 0.188. The standard InChI is InChI=1S/C16H16N2O5S/c1-22-12-4-2-11(3-5-12)18-24(20,21)13-6-7-15-14(10-13)16(19)17-8-9-23-15/h2-7,10,18H,8-9H2,1H3,(H,17,19). The Labute approximate surface area is 139 Å². The van der Waals surface area contributed by atoms with E-state index in [9.17, 15) is 13.2 Å². The molecular formula is C16H16N2O5S. The summed E-state index contributed by atoms with van der Waals surface area (Å²) < 4.78 is 38.0. The van der Waals surface area contributed by atoms with Gasteiger partial charge in [-0.15, -0.1) is 0 Å². The Morgan fingerprint density at radius 1 is 1.17 bits per heavy atom. The Morgan fingerprint density at radius 2 is 1.92 bits per heavy atom. The molecule has 0 saturated carbocycles. The second kappa shape index (κ2) is 6.40. The molecular weight excluding hydrogens is 332 g/mol. The maximum absolute atomic E-state index is 12.5. The van der Waals surface area contributed by atoms with Crippen molar-refractivity contribution in [1.82, 2.24) is 5.32 Å². The van der Waals surface area contributed by atoms with E-state index in [0.29, 0.717) is 30.3 Å². The fourth-order valence-electron chi connectivity index (χ4n) is 2.27. The van der Waals surface area contributed by atoms with Gasteiger partial charge in [0.1, 0.15) is 18.1 Å². The van der Waals surface area contributed by atoms with E-state index >= 15 is 0 Å². The number of hydrogen-bond acceptors (Lipinski definition) is 5. The zero-order valence-corrected chi connectivity index (χ0v) is 13.7. The number of hydrogen-bond donors (Lipinski definition) is 2. The highest BCUT2D eigenvalue weighted by molar-refractivity contribution is 7.92. The monoisotopic (exact) mass is 348 g/mol. The number of anilines is 1. The van der Waals surface area contributed by atoms with E-state index in [4.69, 9.17) is 9.47 Å². The summed E-state index contributed by atoms with van der Waals surface area (Å²) in [6.45, 7) is 0.717. The molecule has 0 unspecified atom stereocenters. The van der Waals surface area contributed by atoms with Gasteiger partial charge in [-0.25, -0.2) is 8.42 Å². The number of benzene rings is 2. The van der Waals surface area contributed by atoms with Crippen LogP contribution in [0.15, 0.2) is 47.4 Å². The van der Waals surface area contributed by atoms with E-state index in [1.165, 1.54) is 25.3 Å². The normalized spacial score (nSPS) is 14.0. The average Bonchev–Trinajstić information content (AvgIpc) is 2.76. The average molecular weight is 348 g/mol. The lowest BCUT2D eigenvalue weighted by atomic mass is 10.2. The number of sulfonamides is 1. The first-order chi connectivity index (χ1) is 11.5. The van der Waals surface area contributed by atoms with E-state index < -0.39 is 10.0 Å². The molecule has 0 spiro atoms. The molecule has 0 aliphatic carbocycles. The van der Waals surface area contributed by atoms with Crippen LogP contribution in [0, 0.1) is 0 Å². The molecule has 126 valence electrons. The molecule has 0 radical (unpaired) electrons. The van der Waals surface area contributed by atoms with Crippen LogP contribution in [0.2, 0.25) is 0 Å². The molecule has 0 saturated heterocycles. The Morgan fingerprint density at radius 3 is 2.62 bits per heavy atom. The van der Waals surface area contributed by atoms with E-state index in [1.54, 1.807) is 24.3 Å². The minimum absolute atomic E-state index is 0.0160. The summed E-state index contributed by atoms with van der Waals surface area (Å²) in [5.74, 6) is 0.634. The number of carbonyl (C=O) groups is 1. The largest absolute Gasteiger partial charge is 0.497 e. The zero-order chi connectivity index (χ0) is 17.2. The molecule has 8 heteroatoms. The summed E-state index contributed by atoms with van der Waals surface area (Å²) in [6, 6.07) is 10.7. The number of amides is 1. The van der Waals surface area contributed by atoms with Crippen LogP contribution >= 0.6 is 0 Å². The second-order valence-corrected chi connectivity index (χ2v) is 6.78. The van der Waals surface area contributed by atoms with E-state index in [-0.39, 0.29) is 16.4 Å². The molecule has 1 aliphatic heterocycles. The predicted molar refractivity (Wildman–Crippen MR) is 88.1 cm³/mol. The van der Waals surface area contributed by atoms with Crippen molar-refractivity contribution >= 4 is 21.6 Å². The van der Waals surface area contributed by atoms with Crippen molar-refractivity contribution in [3.63, 3.8) is 0 Å². The van der Waals surface area contributed by atoms with Crippen LogP contribution in [0.25, 0.3) is 0 Å². The first kappa shape index (κ1) is 16.1. The van der Waals surface area contributed by atoms with Crippen molar-refractivity contribution in [2.24, 2.45) is 0 Å². The molecule has 2 N–H and O–H groups in total. The molecule has 0 aromatic heterocycles. The van der Waals surface area contributed by atoms with E-state index in [0.717, 1.165) is 0 Å². The van der Waals surface area contributed by atoms with Gasteiger partial charge in [-0.2, -0.15) is 0 Å². The van der Waals surface area contributed by atoms with Gasteiger partial charge in [0.2, 0.25) is 0 Å². The third-order valence-corrected chi connectivity index (χ3v) is 4.87. The third kappa shape index (κ3) is 3.28. The van der Waals surface area contributed by atoms with Gasteiger partial charge in [-0.05, 0) is 42.5 Å². The molecule has 0 fully saturated rings. The molecule has 1 heterocycles. The van der Waals surface area contributed by atoms with Crippen molar-refractivity contribution in [2.45, 2.75) is 4.90 Å². The van der Waals surface area contributed by atoms with Gasteiger partial charge in [0.25, 0.3) is 15.9 Å². The molecule has 2 aromatic carbocycles. The fourth-order valence-corrected chi connectivity index (χ4v) is 3.36. The Bertz CT molecular complexity index is 863. The number of carbonyl (C=O) groups excluding carboxylic acids is 1. The smallest absolute Gasteiger partial charge is 0.261 e. The number of rotatable bonds is 4. The third-order valence-electron chi connectivity index (χ3n) is 3.49. The Kier molecular flexibility index (Phi) is 4.30. The maximum atomic E-state index is 12.5. The number of methoxy groups -OCH3 is 1. The minimum atomic E-state index is -3.83. The Balaban J connectivity index is 1.90. The van der Waals surface area contributed by atoms with Gasteiger partial charge >= 0.3 is 0 Å². The van der Waals surface area contributed by atoms with Crippen LogP contribution in [0.4, 0.5) is 5.69 Å². The van der Waals surface area contributed by atoms with Crippen LogP contribution < -0.4 is 19.5 Å². The molecule has 1 amide bonds. The SMILES string of the molecule is COc1ccc(NS(=O)(=O)c2ccc3c(c2)C(=O)NCCO3)cc1. The highest BCUT2D eigenvalue weighted by atomic mass is 32.2. The maximum Gasteiger partial charge on any atom is 0.261 e. The van der Waals surface area contributed by atoms with Crippen molar-refractivity contribution in [1.29, 1.82) is 0 Å². The summed E-state index contributed by atoms with van der Waals surface area (Å²) in [4.78, 5) is 12.0. The molecule has 0 atom stereocenters. The van der Waals surface area contributed by atoms with Crippen LogP contribution in [-0.4, -0.2) is 34.6 Å². The molecule has 0 bridgehead atoms. The molecule has 1 aliphatic rings. The Hall–Kier alpha value is -2.74. The lowest BCUT2D eigenvalue weighted by molar-refractivity contribution is 0.0957. The summed E-state index contributed by atoms with van der Waals surface area (Å²) in [5.41, 5.74) is 0.594. The highest BCUT2D eigenvalue weighted by Crippen LogP contribution is 2.25. The van der Waals surface area contributed by atoms with Crippen LogP contribution in [0.3, 0.4) is 0 Å². The summed E-state index contributed by atoms with van der Waals surface area (Å²) in [6.07, 6.45) is 0. The van der Waals surface area contributed by atoms with Crippen LogP contribution in [0.5, 0.6) is 11.5 Å². The molecule has 3 rings (SSSR count). The van der Waals surface area contributed by atoms with Gasteiger partial charge in [0.15, 0.2) is 0 Å². The van der Waals surface area contributed by atoms with Gasteiger partial charge in [-0.3, -0.25) is 9.52 Å². The van der Waals surface area contributed by atoms with Gasteiger partial charge in [0.05, 0.1) is 24.1 Å². The minimum Gasteiger partial charge on any atom is -0.497 e. The van der Waals surface area contributed by atoms with Crippen molar-refractivity contribution < 1.29 is 22.7 Å². The lowest BCUT2D eigenvalue weighted by Gasteiger charge is -2.11. The van der Waals surface area contributed by atoms with E-state index in [2.05, 4.69) is 10.0 Å².